The number of hydrogen-bond donors (Lipinski definition) is 2. The van der Waals surface area contributed by atoms with E-state index in [9.17, 15) is 18.0 Å². The van der Waals surface area contributed by atoms with E-state index in [0.717, 1.165) is 21.2 Å². The van der Waals surface area contributed by atoms with Crippen molar-refractivity contribution in [2.75, 3.05) is 10.6 Å². The molecule has 1 saturated heterocycles. The molecule has 8 heteroatoms. The second kappa shape index (κ2) is 8.84. The molecule has 4 rings (SSSR count). The zero-order valence-corrected chi connectivity index (χ0v) is 18.3. The number of benzene rings is 3. The molecule has 1 heterocycles. The molecule has 2 N–H and O–H groups in total. The van der Waals surface area contributed by atoms with Gasteiger partial charge in [0.05, 0.1) is 4.90 Å². The molecular weight excluding hydrogens is 426 g/mol. The van der Waals surface area contributed by atoms with E-state index in [4.69, 9.17) is 0 Å². The summed E-state index contributed by atoms with van der Waals surface area (Å²) in [6, 6.07) is 21.9. The van der Waals surface area contributed by atoms with Crippen molar-refractivity contribution < 1.29 is 18.0 Å². The lowest BCUT2D eigenvalue weighted by atomic mass is 10.2. The fourth-order valence-electron chi connectivity index (χ4n) is 3.58. The molecule has 0 aliphatic carbocycles. The van der Waals surface area contributed by atoms with Crippen LogP contribution >= 0.6 is 0 Å². The Balaban J connectivity index is 1.48. The van der Waals surface area contributed by atoms with Crippen molar-refractivity contribution in [3.63, 3.8) is 0 Å². The maximum atomic E-state index is 13.1. The number of para-hydroxylation sites is 1. The number of sulfonamides is 1. The van der Waals surface area contributed by atoms with Crippen LogP contribution in [-0.2, 0) is 19.6 Å². The lowest BCUT2D eigenvalue weighted by Crippen LogP contribution is -2.45. The van der Waals surface area contributed by atoms with Crippen molar-refractivity contribution in [3.05, 3.63) is 84.4 Å². The molecule has 0 bridgehead atoms. The maximum Gasteiger partial charge on any atom is 0.267 e. The number of carbonyl (C=O) groups excluding carboxylic acids is 2. The standard InChI is InChI=1S/C24H23N3O4S/c1-17-7-13-21(14-8-17)32(30,31)27-22(15-16-23(27)28)24(29)26-20-11-9-19(10-12-20)25-18-5-3-2-4-6-18/h2-14,22,25H,15-16H2,1H3,(H,26,29). The van der Waals surface area contributed by atoms with Crippen molar-refractivity contribution >= 4 is 38.9 Å². The first-order valence-electron chi connectivity index (χ1n) is 10.2. The van der Waals surface area contributed by atoms with Gasteiger partial charge < -0.3 is 10.6 Å². The predicted molar refractivity (Wildman–Crippen MR) is 123 cm³/mol. The summed E-state index contributed by atoms with van der Waals surface area (Å²) in [4.78, 5) is 25.3. The molecule has 7 nitrogen and oxygen atoms in total. The van der Waals surface area contributed by atoms with Gasteiger partial charge in [0.15, 0.2) is 0 Å². The normalized spacial score (nSPS) is 16.1. The Morgan fingerprint density at radius 3 is 2.12 bits per heavy atom. The Morgan fingerprint density at radius 2 is 1.47 bits per heavy atom. The summed E-state index contributed by atoms with van der Waals surface area (Å²) in [6.07, 6.45) is 0.145. The SMILES string of the molecule is Cc1ccc(S(=O)(=O)N2C(=O)CCC2C(=O)Nc2ccc(Nc3ccccc3)cc2)cc1. The maximum absolute atomic E-state index is 13.1. The second-order valence-corrected chi connectivity index (χ2v) is 9.43. The Bertz CT molecular complexity index is 1220. The van der Waals surface area contributed by atoms with Crippen LogP contribution in [0.2, 0.25) is 0 Å². The fourth-order valence-corrected chi connectivity index (χ4v) is 5.18. The van der Waals surface area contributed by atoms with Crippen molar-refractivity contribution in [1.82, 2.24) is 4.31 Å². The van der Waals surface area contributed by atoms with Gasteiger partial charge in [0.25, 0.3) is 10.0 Å². The van der Waals surface area contributed by atoms with Crippen molar-refractivity contribution in [2.45, 2.75) is 30.7 Å². The van der Waals surface area contributed by atoms with Crippen LogP contribution in [0.15, 0.2) is 83.8 Å². The molecule has 164 valence electrons. The van der Waals surface area contributed by atoms with Gasteiger partial charge in [0.2, 0.25) is 11.8 Å². The van der Waals surface area contributed by atoms with Crippen LogP contribution in [0.5, 0.6) is 0 Å². The van der Waals surface area contributed by atoms with E-state index in [1.807, 2.05) is 49.4 Å². The summed E-state index contributed by atoms with van der Waals surface area (Å²) in [5.74, 6) is -1.11. The van der Waals surface area contributed by atoms with Crippen molar-refractivity contribution in [3.8, 4) is 0 Å². The molecule has 0 radical (unpaired) electrons. The number of hydrogen-bond acceptors (Lipinski definition) is 5. The minimum atomic E-state index is -4.12. The Hall–Kier alpha value is -3.65. The van der Waals surface area contributed by atoms with Gasteiger partial charge in [0.1, 0.15) is 6.04 Å². The molecule has 0 aromatic heterocycles. The minimum Gasteiger partial charge on any atom is -0.356 e. The predicted octanol–water partition coefficient (Wildman–Crippen LogP) is 4.06. The number of rotatable bonds is 6. The van der Waals surface area contributed by atoms with Gasteiger partial charge in [-0.3, -0.25) is 9.59 Å². The van der Waals surface area contributed by atoms with E-state index in [0.29, 0.717) is 5.69 Å². The summed E-state index contributed by atoms with van der Waals surface area (Å²) in [5, 5.41) is 5.98. The summed E-state index contributed by atoms with van der Waals surface area (Å²) < 4.78 is 26.8. The van der Waals surface area contributed by atoms with E-state index in [2.05, 4.69) is 10.6 Å². The molecule has 1 aliphatic rings. The van der Waals surface area contributed by atoms with Crippen LogP contribution in [0.4, 0.5) is 17.1 Å². The molecule has 0 spiro atoms. The van der Waals surface area contributed by atoms with Crippen molar-refractivity contribution in [1.29, 1.82) is 0 Å². The zero-order valence-electron chi connectivity index (χ0n) is 17.5. The highest BCUT2D eigenvalue weighted by Crippen LogP contribution is 2.28. The van der Waals surface area contributed by atoms with Gasteiger partial charge in [0, 0.05) is 23.5 Å². The number of nitrogens with zero attached hydrogens (tertiary/aromatic N) is 1. The van der Waals surface area contributed by atoms with Crippen LogP contribution in [0, 0.1) is 6.92 Å². The number of aryl methyl sites for hydroxylation is 1. The highest BCUT2D eigenvalue weighted by molar-refractivity contribution is 7.89. The summed E-state index contributed by atoms with van der Waals surface area (Å²) >= 11 is 0. The van der Waals surface area contributed by atoms with E-state index in [1.165, 1.54) is 12.1 Å². The Morgan fingerprint density at radius 1 is 0.875 bits per heavy atom. The van der Waals surface area contributed by atoms with Crippen LogP contribution in [-0.4, -0.2) is 30.6 Å². The first-order valence-corrected chi connectivity index (χ1v) is 11.7. The molecule has 1 atom stereocenters. The lowest BCUT2D eigenvalue weighted by molar-refractivity contribution is -0.128. The number of amides is 2. The molecule has 32 heavy (non-hydrogen) atoms. The quantitative estimate of drug-likeness (QED) is 0.592. The Labute approximate surface area is 187 Å². The lowest BCUT2D eigenvalue weighted by Gasteiger charge is -2.24. The molecule has 2 amide bonds. The zero-order chi connectivity index (χ0) is 22.7. The van der Waals surface area contributed by atoms with Crippen LogP contribution in [0.25, 0.3) is 0 Å². The average molecular weight is 450 g/mol. The second-order valence-electron chi connectivity index (χ2n) is 7.62. The summed E-state index contributed by atoms with van der Waals surface area (Å²) in [7, 11) is -4.12. The largest absolute Gasteiger partial charge is 0.356 e. The molecule has 1 aliphatic heterocycles. The minimum absolute atomic E-state index is 0.00309. The number of anilines is 3. The molecular formula is C24H23N3O4S. The van der Waals surface area contributed by atoms with Crippen LogP contribution in [0.3, 0.4) is 0 Å². The molecule has 1 fully saturated rings. The average Bonchev–Trinajstić information content (AvgIpc) is 3.18. The van der Waals surface area contributed by atoms with Gasteiger partial charge >= 0.3 is 0 Å². The van der Waals surface area contributed by atoms with Gasteiger partial charge in [-0.05, 0) is 61.9 Å². The molecule has 3 aromatic carbocycles. The van der Waals surface area contributed by atoms with Crippen LogP contribution in [0.1, 0.15) is 18.4 Å². The smallest absolute Gasteiger partial charge is 0.267 e. The number of nitrogens with one attached hydrogen (secondary N) is 2. The van der Waals surface area contributed by atoms with E-state index in [-0.39, 0.29) is 17.7 Å². The highest BCUT2D eigenvalue weighted by atomic mass is 32.2. The molecule has 3 aromatic rings. The molecule has 0 saturated carbocycles. The first-order chi connectivity index (χ1) is 15.3. The third kappa shape index (κ3) is 4.50. The van der Waals surface area contributed by atoms with Gasteiger partial charge in [-0.2, -0.15) is 0 Å². The van der Waals surface area contributed by atoms with Gasteiger partial charge in [-0.25, -0.2) is 12.7 Å². The summed E-state index contributed by atoms with van der Waals surface area (Å²) in [5.41, 5.74) is 3.19. The highest BCUT2D eigenvalue weighted by Gasteiger charge is 2.44. The third-order valence-electron chi connectivity index (χ3n) is 5.26. The molecule has 1 unspecified atom stereocenters. The van der Waals surface area contributed by atoms with Crippen LogP contribution < -0.4 is 10.6 Å². The third-order valence-corrected chi connectivity index (χ3v) is 7.10. The van der Waals surface area contributed by atoms with Crippen molar-refractivity contribution in [2.24, 2.45) is 0 Å². The van der Waals surface area contributed by atoms with E-state index in [1.54, 1.807) is 24.3 Å². The van der Waals surface area contributed by atoms with E-state index < -0.39 is 27.9 Å². The monoisotopic (exact) mass is 449 g/mol. The van der Waals surface area contributed by atoms with Gasteiger partial charge in [-0.15, -0.1) is 0 Å². The summed E-state index contributed by atoms with van der Waals surface area (Å²) in [6.45, 7) is 1.84. The first kappa shape index (κ1) is 21.6. The van der Waals surface area contributed by atoms with E-state index >= 15 is 0 Å². The van der Waals surface area contributed by atoms with Gasteiger partial charge in [-0.1, -0.05) is 35.9 Å². The Kier molecular flexibility index (Phi) is 5.96. The fraction of sp³-hybridized carbons (Fsp3) is 0.167. The topological polar surface area (TPSA) is 95.6 Å². The number of carbonyl (C=O) groups is 2.